The second-order valence-corrected chi connectivity index (χ2v) is 9.63. The van der Waals surface area contributed by atoms with Crippen LogP contribution in [0.25, 0.3) is 32.9 Å². The van der Waals surface area contributed by atoms with E-state index in [-0.39, 0.29) is 11.5 Å². The van der Waals surface area contributed by atoms with Crippen LogP contribution >= 0.6 is 0 Å². The van der Waals surface area contributed by atoms with Crippen LogP contribution in [0.4, 0.5) is 0 Å². The Hall–Kier alpha value is -5.10. The molecule has 1 N–H and O–H groups in total. The second-order valence-electron chi connectivity index (χ2n) is 9.63. The van der Waals surface area contributed by atoms with Gasteiger partial charge in [-0.1, -0.05) is 48.5 Å². The van der Waals surface area contributed by atoms with E-state index in [1.54, 1.807) is 24.3 Å². The monoisotopic (exact) mass is 514 g/mol. The maximum Gasteiger partial charge on any atom is 0.337 e. The zero-order chi connectivity index (χ0) is 26.9. The van der Waals surface area contributed by atoms with E-state index >= 15 is 0 Å². The highest BCUT2D eigenvalue weighted by molar-refractivity contribution is 5.91. The number of nitrogens with zero attached hydrogens (tertiary/aromatic N) is 2. The van der Waals surface area contributed by atoms with E-state index in [4.69, 9.17) is 4.74 Å². The maximum atomic E-state index is 12.0. The molecule has 2 aromatic heterocycles. The number of benzene rings is 4. The van der Waals surface area contributed by atoms with E-state index in [0.29, 0.717) is 18.7 Å². The van der Waals surface area contributed by atoms with Crippen LogP contribution in [0.15, 0.2) is 109 Å². The lowest BCUT2D eigenvalue weighted by Gasteiger charge is -2.10. The average Bonchev–Trinajstić information content (AvgIpc) is 3.56. The number of carboxylic acids is 1. The van der Waals surface area contributed by atoms with Crippen molar-refractivity contribution < 1.29 is 19.4 Å². The summed E-state index contributed by atoms with van der Waals surface area (Å²) < 4.78 is 9.21. The van der Waals surface area contributed by atoms with Crippen LogP contribution in [0, 0.1) is 0 Å². The number of fused-ring (bicyclic) bond motifs is 2. The smallest absolute Gasteiger partial charge is 0.337 e. The Bertz CT molecular complexity index is 1860. The number of aromatic nitrogens is 2. The lowest BCUT2D eigenvalue weighted by Crippen LogP contribution is -2.03. The van der Waals surface area contributed by atoms with E-state index in [2.05, 4.69) is 63.9 Å². The number of esters is 1. The van der Waals surface area contributed by atoms with Gasteiger partial charge in [0, 0.05) is 36.5 Å². The molecule has 0 aliphatic heterocycles. The topological polar surface area (TPSA) is 73.5 Å². The minimum Gasteiger partial charge on any atom is -0.478 e. The Balaban J connectivity index is 1.32. The lowest BCUT2D eigenvalue weighted by molar-refractivity contribution is 0.0599. The third-order valence-corrected chi connectivity index (χ3v) is 7.11. The van der Waals surface area contributed by atoms with Crippen molar-refractivity contribution >= 4 is 33.7 Å². The van der Waals surface area contributed by atoms with Crippen LogP contribution in [0.3, 0.4) is 0 Å². The molecule has 0 saturated carbocycles. The Morgan fingerprint density at radius 1 is 0.667 bits per heavy atom. The lowest BCUT2D eigenvalue weighted by atomic mass is 10.0. The number of carbonyl (C=O) groups is 2. The SMILES string of the molecule is COC(=O)c1cccc(Cn2ccc3ccc(-c4ccc5ccn(Cc6cccc(C(=O)O)c6)c5c4)cc32)c1. The van der Waals surface area contributed by atoms with Gasteiger partial charge in [-0.25, -0.2) is 9.59 Å². The van der Waals surface area contributed by atoms with Crippen LogP contribution in [-0.4, -0.2) is 33.3 Å². The highest BCUT2D eigenvalue weighted by Gasteiger charge is 2.10. The largest absolute Gasteiger partial charge is 0.478 e. The Morgan fingerprint density at radius 3 is 1.69 bits per heavy atom. The third-order valence-electron chi connectivity index (χ3n) is 7.11. The van der Waals surface area contributed by atoms with Gasteiger partial charge >= 0.3 is 11.9 Å². The van der Waals surface area contributed by atoms with Gasteiger partial charge in [0.05, 0.1) is 18.2 Å². The van der Waals surface area contributed by atoms with Crippen LogP contribution in [0.2, 0.25) is 0 Å². The zero-order valence-electron chi connectivity index (χ0n) is 21.4. The molecule has 4 aromatic carbocycles. The molecule has 0 radical (unpaired) electrons. The molecule has 0 amide bonds. The van der Waals surface area contributed by atoms with Crippen LogP contribution in [0.1, 0.15) is 31.8 Å². The molecule has 39 heavy (non-hydrogen) atoms. The summed E-state index contributed by atoms with van der Waals surface area (Å²) in [5.41, 5.74) is 7.19. The van der Waals surface area contributed by atoms with E-state index < -0.39 is 5.97 Å². The molecular formula is C33H26N2O4. The molecule has 0 aliphatic rings. The summed E-state index contributed by atoms with van der Waals surface area (Å²) in [6, 6.07) is 31.7. The first-order valence-electron chi connectivity index (χ1n) is 12.7. The van der Waals surface area contributed by atoms with Gasteiger partial charge < -0.3 is 19.0 Å². The summed E-state index contributed by atoms with van der Waals surface area (Å²) in [5, 5.41) is 11.6. The standard InChI is InChI=1S/C33H26N2O4/c1-39-33(38)29-7-3-5-23(17-29)21-35-15-13-25-9-11-27(19-31(25)35)26-10-8-24-12-14-34(30(24)18-26)20-22-4-2-6-28(16-22)32(36)37/h2-19H,20-21H2,1H3,(H,36,37). The number of hydrogen-bond donors (Lipinski definition) is 1. The van der Waals surface area contributed by atoms with E-state index in [1.165, 1.54) is 7.11 Å². The minimum absolute atomic E-state index is 0.290. The fourth-order valence-corrected chi connectivity index (χ4v) is 5.11. The minimum atomic E-state index is -0.923. The Kier molecular flexibility index (Phi) is 6.21. The highest BCUT2D eigenvalue weighted by Crippen LogP contribution is 2.29. The number of hydrogen-bond acceptors (Lipinski definition) is 3. The molecule has 0 bridgehead atoms. The molecule has 0 spiro atoms. The first-order valence-corrected chi connectivity index (χ1v) is 12.7. The van der Waals surface area contributed by atoms with Crippen molar-refractivity contribution in [3.63, 3.8) is 0 Å². The summed E-state index contributed by atoms with van der Waals surface area (Å²) >= 11 is 0. The van der Waals surface area contributed by atoms with Gasteiger partial charge in [0.15, 0.2) is 0 Å². The van der Waals surface area contributed by atoms with Crippen LogP contribution in [-0.2, 0) is 17.8 Å². The van der Waals surface area contributed by atoms with Crippen LogP contribution in [0.5, 0.6) is 0 Å². The second kappa shape index (κ2) is 9.99. The van der Waals surface area contributed by atoms with Crippen molar-refractivity contribution in [3.05, 3.63) is 132 Å². The predicted molar refractivity (Wildman–Crippen MR) is 152 cm³/mol. The molecule has 6 heteroatoms. The van der Waals surface area contributed by atoms with Gasteiger partial charge in [-0.15, -0.1) is 0 Å². The first kappa shape index (κ1) is 24.2. The third kappa shape index (κ3) is 4.80. The number of rotatable bonds is 7. The van der Waals surface area contributed by atoms with E-state index in [9.17, 15) is 14.7 Å². The van der Waals surface area contributed by atoms with Gasteiger partial charge in [-0.3, -0.25) is 0 Å². The quantitative estimate of drug-likeness (QED) is 0.237. The Morgan fingerprint density at radius 2 is 1.18 bits per heavy atom. The number of methoxy groups -OCH3 is 1. The van der Waals surface area contributed by atoms with Crippen LogP contribution < -0.4 is 0 Å². The number of ether oxygens (including phenoxy) is 1. The molecule has 0 unspecified atom stereocenters. The normalized spacial score (nSPS) is 11.2. The summed E-state index contributed by atoms with van der Waals surface area (Å²) in [6.45, 7) is 1.22. The van der Waals surface area contributed by atoms with Crippen molar-refractivity contribution in [1.29, 1.82) is 0 Å². The predicted octanol–water partition coefficient (Wildman–Crippen LogP) is 6.84. The maximum absolute atomic E-state index is 12.0. The summed E-state index contributed by atoms with van der Waals surface area (Å²) in [4.78, 5) is 23.4. The highest BCUT2D eigenvalue weighted by atomic mass is 16.5. The van der Waals surface area contributed by atoms with Gasteiger partial charge in [0.2, 0.25) is 0 Å². The molecule has 2 heterocycles. The molecule has 192 valence electrons. The molecule has 6 rings (SSSR count). The molecule has 6 nitrogen and oxygen atoms in total. The van der Waals surface area contributed by atoms with Gasteiger partial charge in [0.25, 0.3) is 0 Å². The average molecular weight is 515 g/mol. The van der Waals surface area contributed by atoms with Crippen molar-refractivity contribution in [3.8, 4) is 11.1 Å². The van der Waals surface area contributed by atoms with Gasteiger partial charge in [0.1, 0.15) is 0 Å². The zero-order valence-corrected chi connectivity index (χ0v) is 21.4. The number of carboxylic acid groups (broad SMARTS) is 1. The van der Waals surface area contributed by atoms with Gasteiger partial charge in [-0.2, -0.15) is 0 Å². The molecule has 0 fully saturated rings. The van der Waals surface area contributed by atoms with E-state index in [0.717, 1.165) is 44.1 Å². The summed E-state index contributed by atoms with van der Waals surface area (Å²) in [6.07, 6.45) is 4.11. The van der Waals surface area contributed by atoms with Crippen molar-refractivity contribution in [1.82, 2.24) is 9.13 Å². The number of carbonyl (C=O) groups excluding carboxylic acids is 1. The fraction of sp³-hybridized carbons (Fsp3) is 0.0909. The summed E-state index contributed by atoms with van der Waals surface area (Å²) in [5.74, 6) is -1.26. The van der Waals surface area contributed by atoms with Crippen molar-refractivity contribution in [2.45, 2.75) is 13.1 Å². The molecule has 0 saturated heterocycles. The fourth-order valence-electron chi connectivity index (χ4n) is 5.11. The van der Waals surface area contributed by atoms with E-state index in [1.807, 2.05) is 30.5 Å². The first-order chi connectivity index (χ1) is 19.0. The van der Waals surface area contributed by atoms with Crippen molar-refractivity contribution in [2.24, 2.45) is 0 Å². The molecule has 0 atom stereocenters. The number of aromatic carboxylic acids is 1. The molecule has 0 aliphatic carbocycles. The van der Waals surface area contributed by atoms with Gasteiger partial charge in [-0.05, 0) is 81.6 Å². The molecule has 6 aromatic rings. The Labute approximate surface area is 225 Å². The summed E-state index contributed by atoms with van der Waals surface area (Å²) in [7, 11) is 1.39. The van der Waals surface area contributed by atoms with Crippen molar-refractivity contribution in [2.75, 3.05) is 7.11 Å². The molecular weight excluding hydrogens is 488 g/mol.